The quantitative estimate of drug-likeness (QED) is 0.621. The van der Waals surface area contributed by atoms with Crippen LogP contribution in [0, 0.1) is 0 Å². The van der Waals surface area contributed by atoms with Crippen LogP contribution in [0.1, 0.15) is 41.7 Å². The van der Waals surface area contributed by atoms with E-state index in [2.05, 4.69) is 20.4 Å². The van der Waals surface area contributed by atoms with Gasteiger partial charge in [-0.25, -0.2) is 4.98 Å². The second-order valence-corrected chi connectivity index (χ2v) is 8.87. The van der Waals surface area contributed by atoms with E-state index in [1.54, 1.807) is 29.5 Å². The molecule has 2 heterocycles. The molecule has 2 aromatic heterocycles. The number of nitrogens with one attached hydrogen (secondary N) is 2. The zero-order chi connectivity index (χ0) is 17.6. The van der Waals surface area contributed by atoms with E-state index in [1.807, 2.05) is 30.3 Å². The first-order valence-corrected chi connectivity index (χ1v) is 10.5. The van der Waals surface area contributed by atoms with Gasteiger partial charge in [0.05, 0.1) is 16.7 Å². The summed E-state index contributed by atoms with van der Waals surface area (Å²) in [5.41, 5.74) is 2.22. The van der Waals surface area contributed by atoms with E-state index in [9.17, 15) is 4.79 Å². The molecule has 0 unspecified atom stereocenters. The van der Waals surface area contributed by atoms with E-state index in [-0.39, 0.29) is 11.4 Å². The molecular weight excluding hydrogens is 364 g/mol. The molecule has 2 aliphatic carbocycles. The Balaban J connectivity index is 1.31. The largest absolute Gasteiger partial charge is 0.341 e. The monoisotopic (exact) mass is 382 g/mol. The Bertz CT molecular complexity index is 978. The summed E-state index contributed by atoms with van der Waals surface area (Å²) < 4.78 is 3.34. The second kappa shape index (κ2) is 6.25. The molecule has 1 amide bonds. The summed E-state index contributed by atoms with van der Waals surface area (Å²) in [6.07, 6.45) is 6.21. The predicted octanol–water partition coefficient (Wildman–Crippen LogP) is 4.33. The maximum absolute atomic E-state index is 12.8. The number of hydrogen-bond donors (Lipinski definition) is 2. The Morgan fingerprint density at radius 3 is 2.96 bits per heavy atom. The fraction of sp³-hybridized carbons (Fsp3) is 0.316. The highest BCUT2D eigenvalue weighted by molar-refractivity contribution is 8.01. The first kappa shape index (κ1) is 16.1. The van der Waals surface area contributed by atoms with Gasteiger partial charge in [-0.1, -0.05) is 6.07 Å². The predicted molar refractivity (Wildman–Crippen MR) is 106 cm³/mol. The van der Waals surface area contributed by atoms with Crippen LogP contribution in [-0.2, 0) is 5.54 Å². The van der Waals surface area contributed by atoms with Crippen molar-refractivity contribution in [3.05, 3.63) is 53.2 Å². The van der Waals surface area contributed by atoms with Crippen LogP contribution in [0.2, 0.25) is 0 Å². The number of benzene rings is 1. The van der Waals surface area contributed by atoms with Gasteiger partial charge < -0.3 is 10.0 Å². The number of aromatic nitrogens is 2. The lowest BCUT2D eigenvalue weighted by Crippen LogP contribution is -2.35. The summed E-state index contributed by atoms with van der Waals surface area (Å²) in [4.78, 5) is 21.8. The maximum Gasteiger partial charge on any atom is 0.252 e. The minimum absolute atomic E-state index is 0.0527. The molecule has 0 radical (unpaired) electrons. The lowest BCUT2D eigenvalue weighted by atomic mass is 10.1. The number of nitrogens with zero attached hydrogens (tertiary/aromatic N) is 2. The van der Waals surface area contributed by atoms with Crippen molar-refractivity contribution in [3.8, 4) is 0 Å². The summed E-state index contributed by atoms with van der Waals surface area (Å²) in [7, 11) is 0. The number of fused-ring (bicyclic) bond motifs is 1. The third-order valence-electron chi connectivity index (χ3n) is 4.80. The van der Waals surface area contributed by atoms with Crippen LogP contribution >= 0.6 is 23.3 Å². The van der Waals surface area contributed by atoms with Crippen molar-refractivity contribution in [2.45, 2.75) is 36.5 Å². The average Bonchev–Trinajstić information content (AvgIpc) is 3.60. The molecule has 7 heteroatoms. The fourth-order valence-electron chi connectivity index (χ4n) is 2.94. The van der Waals surface area contributed by atoms with Gasteiger partial charge in [0.2, 0.25) is 0 Å². The first-order valence-electron chi connectivity index (χ1n) is 8.77. The zero-order valence-corrected chi connectivity index (χ0v) is 15.7. The van der Waals surface area contributed by atoms with Crippen LogP contribution < -0.4 is 10.0 Å². The normalized spacial score (nSPS) is 17.8. The number of carbonyl (C=O) groups excluding carboxylic acids is 1. The Morgan fingerprint density at radius 1 is 1.27 bits per heavy atom. The van der Waals surface area contributed by atoms with Gasteiger partial charge in [-0.05, 0) is 61.9 Å². The molecule has 0 aliphatic heterocycles. The van der Waals surface area contributed by atoms with Gasteiger partial charge in [-0.2, -0.15) is 0 Å². The summed E-state index contributed by atoms with van der Waals surface area (Å²) in [5, 5.41) is 7.90. The molecule has 0 bridgehead atoms. The van der Waals surface area contributed by atoms with Crippen LogP contribution in [0.4, 0.5) is 5.13 Å². The molecule has 1 aromatic carbocycles. The third kappa shape index (κ3) is 3.17. The van der Waals surface area contributed by atoms with Crippen molar-refractivity contribution in [1.82, 2.24) is 15.3 Å². The van der Waals surface area contributed by atoms with Crippen molar-refractivity contribution < 1.29 is 4.79 Å². The molecule has 5 nitrogen and oxygen atoms in total. The maximum atomic E-state index is 12.8. The molecule has 2 fully saturated rings. The molecule has 2 saturated carbocycles. The summed E-state index contributed by atoms with van der Waals surface area (Å²) in [5.74, 6) is -0.0527. The number of anilines is 1. The van der Waals surface area contributed by atoms with Crippen molar-refractivity contribution in [2.24, 2.45) is 0 Å². The summed E-state index contributed by atoms with van der Waals surface area (Å²) in [6, 6.07) is 9.48. The van der Waals surface area contributed by atoms with Crippen LogP contribution in [0.5, 0.6) is 0 Å². The number of thiazole rings is 1. The number of pyridine rings is 1. The van der Waals surface area contributed by atoms with Crippen molar-refractivity contribution in [3.63, 3.8) is 0 Å². The Hall–Kier alpha value is -2.12. The van der Waals surface area contributed by atoms with Crippen LogP contribution in [-0.4, -0.2) is 21.1 Å². The van der Waals surface area contributed by atoms with Gasteiger partial charge in [-0.15, -0.1) is 11.3 Å². The molecule has 2 aliphatic rings. The van der Waals surface area contributed by atoms with Crippen LogP contribution in [0.15, 0.2) is 41.9 Å². The summed E-state index contributed by atoms with van der Waals surface area (Å²) >= 11 is 3.36. The lowest BCUT2D eigenvalue weighted by Gasteiger charge is -2.15. The van der Waals surface area contributed by atoms with E-state index in [0.717, 1.165) is 39.8 Å². The number of amides is 1. The molecule has 26 heavy (non-hydrogen) atoms. The van der Waals surface area contributed by atoms with E-state index >= 15 is 0 Å². The highest BCUT2D eigenvalue weighted by Crippen LogP contribution is 2.46. The highest BCUT2D eigenvalue weighted by Gasteiger charge is 2.47. The van der Waals surface area contributed by atoms with Crippen LogP contribution in [0.25, 0.3) is 10.9 Å². The standard InChI is InChI=1S/C19H18N4OS2/c24-17(13-3-6-15-12(10-13)2-1-9-20-15)22-19(7-8-19)16-11-25-18(21-16)23-26-14-4-5-14/h1-3,6,9-11,14H,4-5,7-8H2,(H,21,23)(H,22,24). The average molecular weight is 383 g/mol. The summed E-state index contributed by atoms with van der Waals surface area (Å²) in [6.45, 7) is 0. The molecule has 0 atom stereocenters. The smallest absolute Gasteiger partial charge is 0.252 e. The van der Waals surface area contributed by atoms with E-state index < -0.39 is 0 Å². The number of hydrogen-bond acceptors (Lipinski definition) is 6. The van der Waals surface area contributed by atoms with Gasteiger partial charge in [-0.3, -0.25) is 9.78 Å². The highest BCUT2D eigenvalue weighted by atomic mass is 32.2. The topological polar surface area (TPSA) is 66.9 Å². The minimum Gasteiger partial charge on any atom is -0.341 e. The first-order chi connectivity index (χ1) is 12.7. The van der Waals surface area contributed by atoms with E-state index in [1.165, 1.54) is 12.8 Å². The molecule has 3 aromatic rings. The van der Waals surface area contributed by atoms with Crippen molar-refractivity contribution in [2.75, 3.05) is 4.72 Å². The lowest BCUT2D eigenvalue weighted by molar-refractivity contribution is 0.0930. The molecule has 2 N–H and O–H groups in total. The second-order valence-electron chi connectivity index (χ2n) is 6.90. The minimum atomic E-state index is -0.304. The Kier molecular flexibility index (Phi) is 3.86. The van der Waals surface area contributed by atoms with Gasteiger partial charge >= 0.3 is 0 Å². The van der Waals surface area contributed by atoms with Crippen molar-refractivity contribution in [1.29, 1.82) is 0 Å². The van der Waals surface area contributed by atoms with Crippen molar-refractivity contribution >= 4 is 45.2 Å². The number of carbonyl (C=O) groups is 1. The molecule has 5 rings (SSSR count). The molecule has 132 valence electrons. The van der Waals surface area contributed by atoms with E-state index in [4.69, 9.17) is 4.98 Å². The van der Waals surface area contributed by atoms with Gasteiger partial charge in [0.15, 0.2) is 5.13 Å². The van der Waals surface area contributed by atoms with E-state index in [0.29, 0.717) is 5.56 Å². The fourth-order valence-corrected chi connectivity index (χ4v) is 4.61. The van der Waals surface area contributed by atoms with Gasteiger partial charge in [0, 0.05) is 27.8 Å². The third-order valence-corrected chi connectivity index (χ3v) is 6.80. The Labute approximate surface area is 159 Å². The number of rotatable bonds is 6. The Morgan fingerprint density at radius 2 is 2.15 bits per heavy atom. The molecule has 0 spiro atoms. The zero-order valence-electron chi connectivity index (χ0n) is 14.1. The molecular formula is C19H18N4OS2. The molecule has 0 saturated heterocycles. The van der Waals surface area contributed by atoms with Gasteiger partial charge in [0.1, 0.15) is 0 Å². The SMILES string of the molecule is O=C(NC1(c2csc(NSC3CC3)n2)CC1)c1ccc2ncccc2c1. The van der Waals surface area contributed by atoms with Gasteiger partial charge in [0.25, 0.3) is 5.91 Å². The van der Waals surface area contributed by atoms with Crippen LogP contribution in [0.3, 0.4) is 0 Å².